The third-order valence-corrected chi connectivity index (χ3v) is 2.64. The smallest absolute Gasteiger partial charge is 0.0593 e. The second kappa shape index (κ2) is 12.3. The highest BCUT2D eigenvalue weighted by Gasteiger charge is 2.01. The Morgan fingerprint density at radius 2 is 1.60 bits per heavy atom. The first-order chi connectivity index (χ1) is 7.35. The van der Waals surface area contributed by atoms with E-state index in [9.17, 15) is 0 Å². The zero-order valence-corrected chi connectivity index (χ0v) is 11.3. The molecule has 0 aliphatic rings. The molecule has 0 spiro atoms. The lowest BCUT2D eigenvalue weighted by Gasteiger charge is -2.20. The molecule has 0 aliphatic heterocycles. The molecule has 0 amide bonds. The van der Waals surface area contributed by atoms with E-state index in [-0.39, 0.29) is 0 Å². The fourth-order valence-electron chi connectivity index (χ4n) is 1.58. The van der Waals surface area contributed by atoms with Gasteiger partial charge in [-0.3, -0.25) is 0 Å². The van der Waals surface area contributed by atoms with Crippen molar-refractivity contribution in [2.24, 2.45) is 0 Å². The van der Waals surface area contributed by atoms with Gasteiger partial charge in [-0.25, -0.2) is 0 Å². The lowest BCUT2D eigenvalue weighted by atomic mass is 10.3. The number of rotatable bonds is 11. The van der Waals surface area contributed by atoms with Crippen LogP contribution in [-0.4, -0.2) is 43.5 Å². The molecule has 92 valence electrons. The Labute approximate surface area is 101 Å². The summed E-state index contributed by atoms with van der Waals surface area (Å²) >= 11 is 4.17. The molecule has 0 bridgehead atoms. The first kappa shape index (κ1) is 15.3. The lowest BCUT2D eigenvalue weighted by Crippen LogP contribution is -2.29. The maximum Gasteiger partial charge on any atom is 0.0593 e. The molecule has 0 radical (unpaired) electrons. The van der Waals surface area contributed by atoms with E-state index < -0.39 is 0 Å². The second-order valence-electron chi connectivity index (χ2n) is 3.88. The van der Waals surface area contributed by atoms with Crippen molar-refractivity contribution in [2.45, 2.75) is 39.5 Å². The average molecular weight is 233 g/mol. The highest BCUT2D eigenvalue weighted by Crippen LogP contribution is 1.96. The topological polar surface area (TPSA) is 12.5 Å². The van der Waals surface area contributed by atoms with E-state index in [1.165, 1.54) is 25.9 Å². The Kier molecular flexibility index (Phi) is 12.6. The lowest BCUT2D eigenvalue weighted by molar-refractivity contribution is 0.102. The molecule has 2 nitrogen and oxygen atoms in total. The van der Waals surface area contributed by atoms with E-state index in [1.54, 1.807) is 0 Å². The quantitative estimate of drug-likeness (QED) is 0.435. The Bertz CT molecular complexity index is 116. The molecule has 15 heavy (non-hydrogen) atoms. The van der Waals surface area contributed by atoms with Gasteiger partial charge >= 0.3 is 0 Å². The fraction of sp³-hybridized carbons (Fsp3) is 1.00. The molecule has 3 heteroatoms. The number of hydrogen-bond donors (Lipinski definition) is 1. The first-order valence-corrected chi connectivity index (χ1v) is 6.89. The maximum absolute atomic E-state index is 5.58. The summed E-state index contributed by atoms with van der Waals surface area (Å²) in [6.45, 7) is 9.73. The van der Waals surface area contributed by atoms with Gasteiger partial charge in [-0.1, -0.05) is 13.8 Å². The third-order valence-electron chi connectivity index (χ3n) is 2.33. The van der Waals surface area contributed by atoms with E-state index in [0.29, 0.717) is 0 Å². The van der Waals surface area contributed by atoms with Gasteiger partial charge in [-0.2, -0.15) is 12.6 Å². The van der Waals surface area contributed by atoms with Crippen molar-refractivity contribution in [3.63, 3.8) is 0 Å². The maximum atomic E-state index is 5.58. The number of ether oxygens (including phenoxy) is 1. The molecule has 0 unspecified atom stereocenters. The van der Waals surface area contributed by atoms with Gasteiger partial charge in [0, 0.05) is 13.2 Å². The van der Waals surface area contributed by atoms with Crippen LogP contribution < -0.4 is 0 Å². The van der Waals surface area contributed by atoms with E-state index in [4.69, 9.17) is 4.74 Å². The van der Waals surface area contributed by atoms with Crippen molar-refractivity contribution in [1.29, 1.82) is 0 Å². The Balaban J connectivity index is 3.28. The minimum atomic E-state index is 0.882. The van der Waals surface area contributed by atoms with Crippen LogP contribution in [0.5, 0.6) is 0 Å². The number of hydrogen-bond acceptors (Lipinski definition) is 3. The van der Waals surface area contributed by atoms with Gasteiger partial charge in [0.25, 0.3) is 0 Å². The van der Waals surface area contributed by atoms with Crippen LogP contribution in [0.1, 0.15) is 39.5 Å². The molecular formula is C12H27NOS. The van der Waals surface area contributed by atoms with Crippen LogP contribution in [0, 0.1) is 0 Å². The molecule has 0 rings (SSSR count). The Morgan fingerprint density at radius 3 is 2.13 bits per heavy atom. The third kappa shape index (κ3) is 10.6. The molecule has 0 aliphatic carbocycles. The molecule has 0 saturated heterocycles. The highest BCUT2D eigenvalue weighted by molar-refractivity contribution is 7.80. The normalized spacial score (nSPS) is 11.2. The molecule has 0 N–H and O–H groups in total. The zero-order valence-electron chi connectivity index (χ0n) is 10.4. The SMILES string of the molecule is CCCN(CCC)CCOCCCCS. The van der Waals surface area contributed by atoms with E-state index in [0.717, 1.165) is 38.4 Å². The van der Waals surface area contributed by atoms with Crippen LogP contribution >= 0.6 is 12.6 Å². The van der Waals surface area contributed by atoms with Gasteiger partial charge in [0.15, 0.2) is 0 Å². The summed E-state index contributed by atoms with van der Waals surface area (Å²) < 4.78 is 5.58. The van der Waals surface area contributed by atoms with Crippen molar-refractivity contribution in [3.05, 3.63) is 0 Å². The van der Waals surface area contributed by atoms with Crippen molar-refractivity contribution in [3.8, 4) is 0 Å². The van der Waals surface area contributed by atoms with Crippen LogP contribution in [0.25, 0.3) is 0 Å². The molecule has 0 aromatic rings. The van der Waals surface area contributed by atoms with Gasteiger partial charge in [-0.15, -0.1) is 0 Å². The summed E-state index contributed by atoms with van der Waals surface area (Å²) in [5.74, 6) is 0.973. The Morgan fingerprint density at radius 1 is 0.933 bits per heavy atom. The molecule has 0 aromatic carbocycles. The predicted octanol–water partition coefficient (Wildman–Crippen LogP) is 2.84. The van der Waals surface area contributed by atoms with Crippen molar-refractivity contribution >= 4 is 12.6 Å². The predicted molar refractivity (Wildman–Crippen MR) is 70.9 cm³/mol. The van der Waals surface area contributed by atoms with E-state index in [1.807, 2.05) is 0 Å². The standard InChI is InChI=1S/C12H27NOS/c1-3-7-13(8-4-2)9-11-14-10-5-6-12-15/h15H,3-12H2,1-2H3. The average Bonchev–Trinajstić information content (AvgIpc) is 2.24. The van der Waals surface area contributed by atoms with Crippen LogP contribution in [0.15, 0.2) is 0 Å². The number of nitrogens with zero attached hydrogens (tertiary/aromatic N) is 1. The van der Waals surface area contributed by atoms with Crippen LogP contribution in [0.2, 0.25) is 0 Å². The number of unbranched alkanes of at least 4 members (excludes halogenated alkanes) is 1. The summed E-state index contributed by atoms with van der Waals surface area (Å²) in [5, 5.41) is 0. The summed E-state index contributed by atoms with van der Waals surface area (Å²) in [4.78, 5) is 2.48. The Hall–Kier alpha value is 0.270. The second-order valence-corrected chi connectivity index (χ2v) is 4.33. The van der Waals surface area contributed by atoms with E-state index >= 15 is 0 Å². The highest BCUT2D eigenvalue weighted by atomic mass is 32.1. The molecule has 0 saturated carbocycles. The minimum absolute atomic E-state index is 0.882. The van der Waals surface area contributed by atoms with Crippen molar-refractivity contribution < 1.29 is 4.74 Å². The molecule has 0 atom stereocenters. The monoisotopic (exact) mass is 233 g/mol. The zero-order chi connectivity index (χ0) is 11.4. The first-order valence-electron chi connectivity index (χ1n) is 6.26. The van der Waals surface area contributed by atoms with Crippen LogP contribution in [0.4, 0.5) is 0 Å². The summed E-state index contributed by atoms with van der Waals surface area (Å²) in [6.07, 6.45) is 4.78. The fourth-order valence-corrected chi connectivity index (χ4v) is 1.80. The minimum Gasteiger partial charge on any atom is -0.380 e. The van der Waals surface area contributed by atoms with E-state index in [2.05, 4.69) is 31.4 Å². The van der Waals surface area contributed by atoms with Crippen LogP contribution in [-0.2, 0) is 4.74 Å². The van der Waals surface area contributed by atoms with Gasteiger partial charge in [-0.05, 0) is 44.5 Å². The summed E-state index contributed by atoms with van der Waals surface area (Å²) in [7, 11) is 0. The van der Waals surface area contributed by atoms with Gasteiger partial charge in [0.1, 0.15) is 0 Å². The van der Waals surface area contributed by atoms with Gasteiger partial charge < -0.3 is 9.64 Å². The molecule has 0 aromatic heterocycles. The summed E-state index contributed by atoms with van der Waals surface area (Å²) in [6, 6.07) is 0. The van der Waals surface area contributed by atoms with Crippen LogP contribution in [0.3, 0.4) is 0 Å². The van der Waals surface area contributed by atoms with Crippen molar-refractivity contribution in [1.82, 2.24) is 4.90 Å². The molecule has 0 fully saturated rings. The number of thiol groups is 1. The van der Waals surface area contributed by atoms with Gasteiger partial charge in [0.2, 0.25) is 0 Å². The van der Waals surface area contributed by atoms with Gasteiger partial charge in [0.05, 0.1) is 6.61 Å². The molecule has 0 heterocycles. The van der Waals surface area contributed by atoms with Crippen molar-refractivity contribution in [2.75, 3.05) is 38.6 Å². The summed E-state index contributed by atoms with van der Waals surface area (Å²) in [5.41, 5.74) is 0. The largest absolute Gasteiger partial charge is 0.380 e. The molecular weight excluding hydrogens is 206 g/mol.